The summed E-state index contributed by atoms with van der Waals surface area (Å²) in [6.45, 7) is 2.79. The molecule has 0 spiro atoms. The first-order valence-corrected chi connectivity index (χ1v) is 7.64. The SMILES string of the molecule is O=C1CCCN1C1CCCN(c2nccn3cncc23)C1. The van der Waals surface area contributed by atoms with E-state index in [-0.39, 0.29) is 0 Å². The van der Waals surface area contributed by atoms with Crippen molar-refractivity contribution in [2.45, 2.75) is 31.7 Å². The van der Waals surface area contributed by atoms with Crippen LogP contribution in [0.4, 0.5) is 5.82 Å². The third-order valence-corrected chi connectivity index (χ3v) is 4.57. The second-order valence-corrected chi connectivity index (χ2v) is 5.87. The quantitative estimate of drug-likeness (QED) is 0.835. The average Bonchev–Trinajstić information content (AvgIpc) is 3.15. The van der Waals surface area contributed by atoms with Gasteiger partial charge in [0.1, 0.15) is 5.52 Å². The van der Waals surface area contributed by atoms with Gasteiger partial charge in [0, 0.05) is 44.5 Å². The zero-order valence-corrected chi connectivity index (χ0v) is 12.0. The molecular formula is C15H19N5O. The van der Waals surface area contributed by atoms with Gasteiger partial charge in [0.25, 0.3) is 0 Å². The Balaban J connectivity index is 1.60. The number of rotatable bonds is 2. The first-order valence-electron chi connectivity index (χ1n) is 7.64. The highest BCUT2D eigenvalue weighted by Crippen LogP contribution is 2.26. The van der Waals surface area contributed by atoms with E-state index < -0.39 is 0 Å². The normalized spacial score (nSPS) is 23.2. The summed E-state index contributed by atoms with van der Waals surface area (Å²) in [7, 11) is 0. The molecule has 21 heavy (non-hydrogen) atoms. The fourth-order valence-corrected chi connectivity index (χ4v) is 3.54. The van der Waals surface area contributed by atoms with E-state index in [1.807, 2.05) is 23.0 Å². The fraction of sp³-hybridized carbons (Fsp3) is 0.533. The number of likely N-dealkylation sites (tertiary alicyclic amines) is 1. The molecule has 0 aliphatic carbocycles. The van der Waals surface area contributed by atoms with E-state index in [0.717, 1.165) is 50.2 Å². The van der Waals surface area contributed by atoms with E-state index in [1.54, 1.807) is 6.33 Å². The van der Waals surface area contributed by atoms with Gasteiger partial charge in [-0.25, -0.2) is 9.97 Å². The number of fused-ring (bicyclic) bond motifs is 1. The van der Waals surface area contributed by atoms with Crippen molar-refractivity contribution in [2.75, 3.05) is 24.5 Å². The van der Waals surface area contributed by atoms with Crippen molar-refractivity contribution in [1.29, 1.82) is 0 Å². The van der Waals surface area contributed by atoms with Crippen LogP contribution >= 0.6 is 0 Å². The lowest BCUT2D eigenvalue weighted by molar-refractivity contribution is -0.129. The van der Waals surface area contributed by atoms with Crippen LogP contribution < -0.4 is 4.90 Å². The lowest BCUT2D eigenvalue weighted by Gasteiger charge is -2.38. The van der Waals surface area contributed by atoms with Gasteiger partial charge in [0.05, 0.1) is 12.5 Å². The summed E-state index contributed by atoms with van der Waals surface area (Å²) in [5.41, 5.74) is 1.03. The molecular weight excluding hydrogens is 266 g/mol. The Morgan fingerprint density at radius 1 is 1.24 bits per heavy atom. The molecule has 1 amide bonds. The Morgan fingerprint density at radius 3 is 3.05 bits per heavy atom. The Kier molecular flexibility index (Phi) is 3.02. The number of anilines is 1. The molecule has 2 aliphatic rings. The highest BCUT2D eigenvalue weighted by molar-refractivity contribution is 5.78. The maximum atomic E-state index is 12.0. The second-order valence-electron chi connectivity index (χ2n) is 5.87. The topological polar surface area (TPSA) is 53.7 Å². The number of carbonyl (C=O) groups is 1. The molecule has 1 unspecified atom stereocenters. The lowest BCUT2D eigenvalue weighted by atomic mass is 10.0. The van der Waals surface area contributed by atoms with Gasteiger partial charge in [-0.2, -0.15) is 0 Å². The van der Waals surface area contributed by atoms with Crippen LogP contribution in [0.3, 0.4) is 0 Å². The standard InChI is InChI=1S/C15H19N5O/c21-14-4-2-7-20(14)12-3-1-6-18(10-12)15-13-9-16-11-19(13)8-5-17-15/h5,8-9,11-12H,1-4,6-7,10H2. The van der Waals surface area contributed by atoms with E-state index in [9.17, 15) is 4.79 Å². The minimum atomic E-state index is 0.317. The molecule has 2 aromatic rings. The Hall–Kier alpha value is -2.11. The van der Waals surface area contributed by atoms with Crippen molar-refractivity contribution in [1.82, 2.24) is 19.3 Å². The predicted molar refractivity (Wildman–Crippen MR) is 79.2 cm³/mol. The number of carbonyl (C=O) groups excluding carboxylic acids is 1. The van der Waals surface area contributed by atoms with E-state index in [1.165, 1.54) is 0 Å². The van der Waals surface area contributed by atoms with E-state index in [2.05, 4.69) is 19.8 Å². The molecule has 4 heterocycles. The summed E-state index contributed by atoms with van der Waals surface area (Å²) in [5.74, 6) is 1.30. The second kappa shape index (κ2) is 5.02. The molecule has 0 N–H and O–H groups in total. The molecule has 110 valence electrons. The van der Waals surface area contributed by atoms with Gasteiger partial charge in [-0.3, -0.25) is 4.79 Å². The molecule has 0 bridgehead atoms. The van der Waals surface area contributed by atoms with Crippen molar-refractivity contribution in [2.24, 2.45) is 0 Å². The summed E-state index contributed by atoms with van der Waals surface area (Å²) >= 11 is 0. The number of piperidine rings is 1. The molecule has 2 saturated heterocycles. The van der Waals surface area contributed by atoms with Crippen LogP contribution in [0.1, 0.15) is 25.7 Å². The minimum Gasteiger partial charge on any atom is -0.353 e. The number of aromatic nitrogens is 3. The monoisotopic (exact) mass is 285 g/mol. The molecule has 6 heteroatoms. The summed E-state index contributed by atoms with van der Waals surface area (Å²) in [5, 5.41) is 0. The molecule has 1 atom stereocenters. The molecule has 0 aromatic carbocycles. The zero-order valence-electron chi connectivity index (χ0n) is 12.0. The third-order valence-electron chi connectivity index (χ3n) is 4.57. The molecule has 4 rings (SSSR count). The summed E-state index contributed by atoms with van der Waals surface area (Å²) in [6, 6.07) is 0.332. The number of hydrogen-bond donors (Lipinski definition) is 0. The first kappa shape index (κ1) is 12.6. The first-order chi connectivity index (χ1) is 10.3. The van der Waals surface area contributed by atoms with Crippen molar-refractivity contribution >= 4 is 17.2 Å². The average molecular weight is 285 g/mol. The summed E-state index contributed by atoms with van der Waals surface area (Å²) < 4.78 is 1.99. The van der Waals surface area contributed by atoms with Crippen LogP contribution in [0.5, 0.6) is 0 Å². The van der Waals surface area contributed by atoms with Gasteiger partial charge in [-0.05, 0) is 19.3 Å². The molecule has 0 radical (unpaired) electrons. The lowest BCUT2D eigenvalue weighted by Crippen LogP contribution is -2.48. The van der Waals surface area contributed by atoms with Crippen molar-refractivity contribution < 1.29 is 4.79 Å². The van der Waals surface area contributed by atoms with Crippen molar-refractivity contribution in [3.63, 3.8) is 0 Å². The third kappa shape index (κ3) is 2.14. The largest absolute Gasteiger partial charge is 0.353 e. The van der Waals surface area contributed by atoms with Crippen molar-refractivity contribution in [3.05, 3.63) is 24.9 Å². The van der Waals surface area contributed by atoms with Gasteiger partial charge in [-0.15, -0.1) is 0 Å². The summed E-state index contributed by atoms with van der Waals surface area (Å²) in [4.78, 5) is 25.1. The van der Waals surface area contributed by atoms with Crippen LogP contribution in [0, 0.1) is 0 Å². The van der Waals surface area contributed by atoms with Gasteiger partial charge >= 0.3 is 0 Å². The Labute approximate surface area is 123 Å². The van der Waals surface area contributed by atoms with Crippen molar-refractivity contribution in [3.8, 4) is 0 Å². The van der Waals surface area contributed by atoms with Gasteiger partial charge in [-0.1, -0.05) is 0 Å². The smallest absolute Gasteiger partial charge is 0.222 e. The number of nitrogens with zero attached hydrogens (tertiary/aromatic N) is 5. The van der Waals surface area contributed by atoms with Gasteiger partial charge in [0.2, 0.25) is 5.91 Å². The molecule has 2 fully saturated rings. The minimum absolute atomic E-state index is 0.317. The zero-order chi connectivity index (χ0) is 14.2. The number of imidazole rings is 1. The van der Waals surface area contributed by atoms with Crippen LogP contribution in [-0.4, -0.2) is 50.9 Å². The number of hydrogen-bond acceptors (Lipinski definition) is 4. The predicted octanol–water partition coefficient (Wildman–Crippen LogP) is 1.32. The van der Waals surface area contributed by atoms with E-state index in [0.29, 0.717) is 18.4 Å². The van der Waals surface area contributed by atoms with Crippen LogP contribution in [-0.2, 0) is 4.79 Å². The van der Waals surface area contributed by atoms with Crippen LogP contribution in [0.25, 0.3) is 5.52 Å². The maximum absolute atomic E-state index is 12.0. The molecule has 2 aliphatic heterocycles. The van der Waals surface area contributed by atoms with Crippen LogP contribution in [0.2, 0.25) is 0 Å². The molecule has 6 nitrogen and oxygen atoms in total. The van der Waals surface area contributed by atoms with Crippen LogP contribution in [0.15, 0.2) is 24.9 Å². The summed E-state index contributed by atoms with van der Waals surface area (Å²) in [6.07, 6.45) is 11.3. The van der Waals surface area contributed by atoms with Gasteiger partial charge in [0.15, 0.2) is 5.82 Å². The van der Waals surface area contributed by atoms with Gasteiger partial charge < -0.3 is 14.2 Å². The maximum Gasteiger partial charge on any atom is 0.222 e. The highest BCUT2D eigenvalue weighted by Gasteiger charge is 2.32. The molecule has 2 aromatic heterocycles. The Bertz CT molecular complexity index is 667. The highest BCUT2D eigenvalue weighted by atomic mass is 16.2. The van der Waals surface area contributed by atoms with E-state index in [4.69, 9.17) is 0 Å². The fourth-order valence-electron chi connectivity index (χ4n) is 3.54. The van der Waals surface area contributed by atoms with E-state index >= 15 is 0 Å². The Morgan fingerprint density at radius 2 is 2.19 bits per heavy atom. The molecule has 0 saturated carbocycles. The number of amides is 1.